The molecule has 0 saturated carbocycles. The highest BCUT2D eigenvalue weighted by Gasteiger charge is 2.24. The van der Waals surface area contributed by atoms with Crippen LogP contribution in [0.25, 0.3) is 0 Å². The van der Waals surface area contributed by atoms with Gasteiger partial charge in [0.1, 0.15) is 0 Å². The third kappa shape index (κ3) is 4.07. The Morgan fingerprint density at radius 1 is 1.19 bits per heavy atom. The lowest BCUT2D eigenvalue weighted by Crippen LogP contribution is -2.37. The van der Waals surface area contributed by atoms with E-state index in [1.165, 1.54) is 6.07 Å². The number of carbonyl (C=O) groups excluding carboxylic acids is 1. The summed E-state index contributed by atoms with van der Waals surface area (Å²) in [6, 6.07) is 3.13. The molecule has 2 rings (SSSR count). The molecule has 1 aromatic carbocycles. The van der Waals surface area contributed by atoms with Crippen molar-refractivity contribution in [2.75, 3.05) is 19.6 Å². The summed E-state index contributed by atoms with van der Waals surface area (Å²) in [6.45, 7) is 1.79. The molecule has 114 valence electrons. The van der Waals surface area contributed by atoms with Gasteiger partial charge in [0, 0.05) is 18.5 Å². The summed E-state index contributed by atoms with van der Waals surface area (Å²) >= 11 is 0. The van der Waals surface area contributed by atoms with E-state index in [1.807, 2.05) is 4.90 Å². The number of likely N-dealkylation sites (tertiary alicyclic amines) is 1. The second-order valence-corrected chi connectivity index (χ2v) is 5.26. The summed E-state index contributed by atoms with van der Waals surface area (Å²) in [7, 11) is 0. The molecule has 1 fully saturated rings. The Labute approximate surface area is 121 Å². The number of carboxylic acids is 1. The second-order valence-electron chi connectivity index (χ2n) is 5.26. The number of Topliss-reactive ketones (excluding diaryl/α,β-unsaturated/α-hetero) is 1. The average molecular weight is 297 g/mol. The third-order valence-electron chi connectivity index (χ3n) is 3.83. The van der Waals surface area contributed by atoms with Crippen LogP contribution in [0, 0.1) is 17.6 Å². The number of nitrogens with zero attached hydrogens (tertiary/aromatic N) is 1. The van der Waals surface area contributed by atoms with Crippen LogP contribution in [-0.4, -0.2) is 41.4 Å². The Morgan fingerprint density at radius 2 is 1.86 bits per heavy atom. The van der Waals surface area contributed by atoms with E-state index in [-0.39, 0.29) is 23.7 Å². The molecule has 0 unspecified atom stereocenters. The van der Waals surface area contributed by atoms with Gasteiger partial charge in [0.2, 0.25) is 0 Å². The summed E-state index contributed by atoms with van der Waals surface area (Å²) < 4.78 is 25.9. The molecule has 0 aliphatic carbocycles. The SMILES string of the molecule is O=C(CCN1CCC(C(=O)O)CC1)c1ccc(F)c(F)c1. The van der Waals surface area contributed by atoms with E-state index in [0.717, 1.165) is 12.1 Å². The number of piperidine rings is 1. The fourth-order valence-corrected chi connectivity index (χ4v) is 2.48. The molecule has 1 aliphatic rings. The van der Waals surface area contributed by atoms with Gasteiger partial charge >= 0.3 is 5.97 Å². The van der Waals surface area contributed by atoms with Crippen LogP contribution in [0.2, 0.25) is 0 Å². The lowest BCUT2D eigenvalue weighted by Gasteiger charge is -2.29. The lowest BCUT2D eigenvalue weighted by molar-refractivity contribution is -0.143. The number of carboxylic acid groups (broad SMARTS) is 1. The molecule has 21 heavy (non-hydrogen) atoms. The molecule has 1 saturated heterocycles. The van der Waals surface area contributed by atoms with E-state index < -0.39 is 17.6 Å². The van der Waals surface area contributed by atoms with Crippen LogP contribution in [-0.2, 0) is 4.79 Å². The van der Waals surface area contributed by atoms with Gasteiger partial charge in [0.15, 0.2) is 17.4 Å². The molecule has 0 atom stereocenters. The zero-order chi connectivity index (χ0) is 15.4. The Kier molecular flexibility index (Phi) is 5.01. The number of aliphatic carboxylic acids is 1. The number of benzene rings is 1. The second kappa shape index (κ2) is 6.76. The summed E-state index contributed by atoms with van der Waals surface area (Å²) in [6.07, 6.45) is 1.37. The predicted molar refractivity (Wildman–Crippen MR) is 72.1 cm³/mol. The van der Waals surface area contributed by atoms with Crippen molar-refractivity contribution in [1.82, 2.24) is 4.90 Å². The average Bonchev–Trinajstić information content (AvgIpc) is 2.48. The van der Waals surface area contributed by atoms with Crippen molar-refractivity contribution >= 4 is 11.8 Å². The monoisotopic (exact) mass is 297 g/mol. The first-order chi connectivity index (χ1) is 9.97. The number of ketones is 1. The highest BCUT2D eigenvalue weighted by Crippen LogP contribution is 2.18. The van der Waals surface area contributed by atoms with Gasteiger partial charge in [-0.2, -0.15) is 0 Å². The van der Waals surface area contributed by atoms with Crippen molar-refractivity contribution < 1.29 is 23.5 Å². The molecule has 6 heteroatoms. The summed E-state index contributed by atoms with van der Waals surface area (Å²) in [5.74, 6) is -3.31. The Balaban J connectivity index is 1.82. The molecular formula is C15H17F2NO3. The van der Waals surface area contributed by atoms with Crippen LogP contribution in [0.5, 0.6) is 0 Å². The van der Waals surface area contributed by atoms with Crippen LogP contribution >= 0.6 is 0 Å². The van der Waals surface area contributed by atoms with Gasteiger partial charge in [-0.05, 0) is 44.1 Å². The normalized spacial score (nSPS) is 16.9. The number of hydrogen-bond acceptors (Lipinski definition) is 3. The highest BCUT2D eigenvalue weighted by molar-refractivity contribution is 5.96. The van der Waals surface area contributed by atoms with Crippen LogP contribution in [0.4, 0.5) is 8.78 Å². The van der Waals surface area contributed by atoms with Crippen LogP contribution in [0.3, 0.4) is 0 Å². The van der Waals surface area contributed by atoms with E-state index in [4.69, 9.17) is 5.11 Å². The molecule has 0 bridgehead atoms. The van der Waals surface area contributed by atoms with E-state index in [2.05, 4.69) is 0 Å². The number of carbonyl (C=O) groups is 2. The number of rotatable bonds is 5. The smallest absolute Gasteiger partial charge is 0.306 e. The highest BCUT2D eigenvalue weighted by atomic mass is 19.2. The molecule has 0 spiro atoms. The summed E-state index contributed by atoms with van der Waals surface area (Å²) in [4.78, 5) is 24.8. The topological polar surface area (TPSA) is 57.6 Å². The maximum atomic E-state index is 13.1. The van der Waals surface area contributed by atoms with Crippen molar-refractivity contribution in [3.8, 4) is 0 Å². The summed E-state index contributed by atoms with van der Waals surface area (Å²) in [5, 5.41) is 8.90. The minimum absolute atomic E-state index is 0.161. The number of hydrogen-bond donors (Lipinski definition) is 1. The van der Waals surface area contributed by atoms with Crippen molar-refractivity contribution in [2.24, 2.45) is 5.92 Å². The first-order valence-corrected chi connectivity index (χ1v) is 6.91. The van der Waals surface area contributed by atoms with Crippen molar-refractivity contribution in [2.45, 2.75) is 19.3 Å². The lowest BCUT2D eigenvalue weighted by atomic mass is 9.97. The Bertz CT molecular complexity index is 540. The molecule has 1 heterocycles. The molecular weight excluding hydrogens is 280 g/mol. The summed E-state index contributed by atoms with van der Waals surface area (Å²) in [5.41, 5.74) is 0.161. The van der Waals surface area contributed by atoms with Crippen LogP contribution in [0.15, 0.2) is 18.2 Å². The van der Waals surface area contributed by atoms with E-state index >= 15 is 0 Å². The molecule has 0 amide bonds. The van der Waals surface area contributed by atoms with Crippen LogP contribution in [0.1, 0.15) is 29.6 Å². The van der Waals surface area contributed by atoms with Gasteiger partial charge in [-0.15, -0.1) is 0 Å². The minimum atomic E-state index is -1.02. The Hall–Kier alpha value is -1.82. The van der Waals surface area contributed by atoms with Gasteiger partial charge in [-0.1, -0.05) is 0 Å². The van der Waals surface area contributed by atoms with Gasteiger partial charge in [0.05, 0.1) is 5.92 Å². The predicted octanol–water partition coefficient (Wildman–Crippen LogP) is 2.33. The molecule has 1 aliphatic heterocycles. The maximum Gasteiger partial charge on any atom is 0.306 e. The van der Waals surface area contributed by atoms with Crippen molar-refractivity contribution in [3.63, 3.8) is 0 Å². The van der Waals surface area contributed by atoms with Gasteiger partial charge in [-0.25, -0.2) is 8.78 Å². The third-order valence-corrected chi connectivity index (χ3v) is 3.83. The molecule has 1 aromatic rings. The molecule has 1 N–H and O–H groups in total. The zero-order valence-corrected chi connectivity index (χ0v) is 11.5. The molecule has 0 radical (unpaired) electrons. The van der Waals surface area contributed by atoms with E-state index in [1.54, 1.807) is 0 Å². The fourth-order valence-electron chi connectivity index (χ4n) is 2.48. The van der Waals surface area contributed by atoms with Gasteiger partial charge < -0.3 is 10.0 Å². The maximum absolute atomic E-state index is 13.1. The zero-order valence-electron chi connectivity index (χ0n) is 11.5. The van der Waals surface area contributed by atoms with Gasteiger partial charge in [0.25, 0.3) is 0 Å². The number of halogens is 2. The van der Waals surface area contributed by atoms with Crippen molar-refractivity contribution in [3.05, 3.63) is 35.4 Å². The van der Waals surface area contributed by atoms with Crippen molar-refractivity contribution in [1.29, 1.82) is 0 Å². The molecule has 4 nitrogen and oxygen atoms in total. The minimum Gasteiger partial charge on any atom is -0.481 e. The van der Waals surface area contributed by atoms with E-state index in [9.17, 15) is 18.4 Å². The standard InChI is InChI=1S/C15H17F2NO3/c16-12-2-1-11(9-13(12)17)14(19)5-8-18-6-3-10(4-7-18)15(20)21/h1-2,9-10H,3-8H2,(H,20,21). The quantitative estimate of drug-likeness (QED) is 0.848. The van der Waals surface area contributed by atoms with E-state index in [0.29, 0.717) is 32.5 Å². The largest absolute Gasteiger partial charge is 0.481 e. The van der Waals surface area contributed by atoms with Crippen LogP contribution < -0.4 is 0 Å². The Morgan fingerprint density at radius 3 is 2.43 bits per heavy atom. The molecule has 0 aromatic heterocycles. The first-order valence-electron chi connectivity index (χ1n) is 6.91. The fraction of sp³-hybridized carbons (Fsp3) is 0.467. The van der Waals surface area contributed by atoms with Gasteiger partial charge in [-0.3, -0.25) is 9.59 Å². The first kappa shape index (κ1) is 15.6.